The largest absolute Gasteiger partial charge is 0.506 e. The molecule has 5 nitrogen and oxygen atoms in total. The van der Waals surface area contributed by atoms with Crippen LogP contribution >= 0.6 is 11.3 Å². The minimum absolute atomic E-state index is 0.196. The Morgan fingerprint density at radius 3 is 2.44 bits per heavy atom. The molecule has 6 heteroatoms. The number of rotatable bonds is 3. The number of aromatic hydroxyl groups is 1. The van der Waals surface area contributed by atoms with E-state index in [0.29, 0.717) is 16.3 Å². The molecule has 25 heavy (non-hydrogen) atoms. The van der Waals surface area contributed by atoms with Crippen molar-refractivity contribution in [3.05, 3.63) is 60.7 Å². The van der Waals surface area contributed by atoms with Gasteiger partial charge in [0.05, 0.1) is 16.3 Å². The van der Waals surface area contributed by atoms with Gasteiger partial charge in [-0.25, -0.2) is 9.97 Å². The lowest BCUT2D eigenvalue weighted by molar-refractivity contribution is 0.485. The normalized spacial score (nSPS) is 10.5. The number of nitrogens with one attached hydrogen (secondary N) is 1. The van der Waals surface area contributed by atoms with E-state index in [1.807, 2.05) is 66.9 Å². The topological polar surface area (TPSA) is 81.8 Å². The summed E-state index contributed by atoms with van der Waals surface area (Å²) in [6.45, 7) is 0. The summed E-state index contributed by atoms with van der Waals surface area (Å²) < 4.78 is 0.977. The standard InChI is InChI=1S/C19H12N4OS/c20-11-21-19-22-14(12-6-2-1-3-7-12)10-15(23-19)18-17(24)13-8-4-5-9-16(13)25-18/h1-10,24H,(H,21,22,23). The summed E-state index contributed by atoms with van der Waals surface area (Å²) in [6, 6.07) is 19.1. The molecule has 120 valence electrons. The third-order valence-corrected chi connectivity index (χ3v) is 4.95. The highest BCUT2D eigenvalue weighted by Gasteiger charge is 2.16. The van der Waals surface area contributed by atoms with Crippen molar-refractivity contribution in [2.24, 2.45) is 0 Å². The van der Waals surface area contributed by atoms with Crippen LogP contribution < -0.4 is 5.32 Å². The van der Waals surface area contributed by atoms with Gasteiger partial charge in [-0.1, -0.05) is 42.5 Å². The van der Waals surface area contributed by atoms with Crippen LogP contribution in [0, 0.1) is 11.5 Å². The number of aromatic nitrogens is 2. The summed E-state index contributed by atoms with van der Waals surface area (Å²) in [5, 5.41) is 22.8. The number of nitrogens with zero attached hydrogens (tertiary/aromatic N) is 3. The predicted octanol–water partition coefficient (Wildman–Crippen LogP) is 4.62. The summed E-state index contributed by atoms with van der Waals surface area (Å²) in [7, 11) is 0. The van der Waals surface area contributed by atoms with Crippen LogP contribution in [0.25, 0.3) is 31.9 Å². The zero-order chi connectivity index (χ0) is 17.2. The van der Waals surface area contributed by atoms with Gasteiger partial charge in [0.1, 0.15) is 5.75 Å². The van der Waals surface area contributed by atoms with Crippen LogP contribution in [0.15, 0.2) is 60.7 Å². The fourth-order valence-electron chi connectivity index (χ4n) is 2.63. The number of benzene rings is 2. The maximum absolute atomic E-state index is 10.6. The van der Waals surface area contributed by atoms with E-state index in [0.717, 1.165) is 15.6 Å². The third-order valence-electron chi connectivity index (χ3n) is 3.77. The Hall–Kier alpha value is -3.43. The molecule has 4 rings (SSSR count). The Kier molecular flexibility index (Phi) is 3.77. The highest BCUT2D eigenvalue weighted by molar-refractivity contribution is 7.22. The zero-order valence-corrected chi connectivity index (χ0v) is 13.8. The van der Waals surface area contributed by atoms with E-state index in [9.17, 15) is 5.11 Å². The zero-order valence-electron chi connectivity index (χ0n) is 13.0. The van der Waals surface area contributed by atoms with Gasteiger partial charge in [0.25, 0.3) is 0 Å². The number of anilines is 1. The first-order valence-corrected chi connectivity index (χ1v) is 8.38. The minimum atomic E-state index is 0.196. The molecule has 2 N–H and O–H groups in total. The molecule has 0 radical (unpaired) electrons. The van der Waals surface area contributed by atoms with Gasteiger partial charge >= 0.3 is 0 Å². The second kappa shape index (κ2) is 6.23. The summed E-state index contributed by atoms with van der Waals surface area (Å²) in [5.74, 6) is 0.400. The second-order valence-electron chi connectivity index (χ2n) is 5.34. The van der Waals surface area contributed by atoms with Crippen LogP contribution in [0.1, 0.15) is 0 Å². The molecule has 0 amide bonds. The smallest absolute Gasteiger partial charge is 0.237 e. The SMILES string of the molecule is N#CNc1nc(-c2ccccc2)cc(-c2sc3ccccc3c2O)n1. The molecule has 0 saturated carbocycles. The van der Waals surface area contributed by atoms with Crippen molar-refractivity contribution < 1.29 is 5.11 Å². The molecule has 0 spiro atoms. The Bertz CT molecular complexity index is 1100. The van der Waals surface area contributed by atoms with E-state index in [-0.39, 0.29) is 11.7 Å². The minimum Gasteiger partial charge on any atom is -0.506 e. The average Bonchev–Trinajstić information content (AvgIpc) is 3.00. The van der Waals surface area contributed by atoms with Gasteiger partial charge in [0.15, 0.2) is 6.19 Å². The molecule has 0 aliphatic carbocycles. The van der Waals surface area contributed by atoms with E-state index < -0.39 is 0 Å². The van der Waals surface area contributed by atoms with Crippen LogP contribution in [0.2, 0.25) is 0 Å². The van der Waals surface area contributed by atoms with Gasteiger partial charge in [-0.2, -0.15) is 5.26 Å². The van der Waals surface area contributed by atoms with Crippen LogP contribution in [0.4, 0.5) is 5.95 Å². The van der Waals surface area contributed by atoms with E-state index >= 15 is 0 Å². The first kappa shape index (κ1) is 15.1. The lowest BCUT2D eigenvalue weighted by atomic mass is 10.1. The lowest BCUT2D eigenvalue weighted by Gasteiger charge is -2.06. The molecular formula is C19H12N4OS. The quantitative estimate of drug-likeness (QED) is 0.418. The summed E-state index contributed by atoms with van der Waals surface area (Å²) in [6.07, 6.45) is 1.85. The molecule has 0 atom stereocenters. The van der Waals surface area contributed by atoms with Crippen LogP contribution in [-0.4, -0.2) is 15.1 Å². The summed E-state index contributed by atoms with van der Waals surface area (Å²) >= 11 is 1.46. The average molecular weight is 344 g/mol. The Labute approximate surface area is 147 Å². The van der Waals surface area contributed by atoms with Gasteiger partial charge in [-0.3, -0.25) is 5.32 Å². The third kappa shape index (κ3) is 2.77. The second-order valence-corrected chi connectivity index (χ2v) is 6.39. The van der Waals surface area contributed by atoms with Gasteiger partial charge < -0.3 is 5.11 Å². The lowest BCUT2D eigenvalue weighted by Crippen LogP contribution is -1.98. The maximum Gasteiger partial charge on any atom is 0.237 e. The van der Waals surface area contributed by atoms with E-state index in [1.54, 1.807) is 0 Å². The monoisotopic (exact) mass is 344 g/mol. The number of hydrogen-bond donors (Lipinski definition) is 2. The van der Waals surface area contributed by atoms with E-state index in [1.165, 1.54) is 11.3 Å². The van der Waals surface area contributed by atoms with Crippen LogP contribution in [-0.2, 0) is 0 Å². The van der Waals surface area contributed by atoms with Gasteiger partial charge in [0.2, 0.25) is 5.95 Å². The van der Waals surface area contributed by atoms with Gasteiger partial charge in [-0.15, -0.1) is 11.3 Å². The first-order chi connectivity index (χ1) is 12.3. The number of hydrogen-bond acceptors (Lipinski definition) is 6. The molecule has 0 saturated heterocycles. The summed E-state index contributed by atoms with van der Waals surface area (Å²) in [5.41, 5.74) is 2.17. The van der Waals surface area contributed by atoms with Crippen molar-refractivity contribution in [1.82, 2.24) is 9.97 Å². The van der Waals surface area contributed by atoms with Crippen molar-refractivity contribution in [3.63, 3.8) is 0 Å². The van der Waals surface area contributed by atoms with Crippen molar-refractivity contribution in [2.45, 2.75) is 0 Å². The van der Waals surface area contributed by atoms with E-state index in [2.05, 4.69) is 15.3 Å². The fraction of sp³-hybridized carbons (Fsp3) is 0. The maximum atomic E-state index is 10.6. The Morgan fingerprint density at radius 1 is 0.960 bits per heavy atom. The Morgan fingerprint density at radius 2 is 1.68 bits per heavy atom. The van der Waals surface area contributed by atoms with Crippen molar-refractivity contribution in [1.29, 1.82) is 5.26 Å². The fourth-order valence-corrected chi connectivity index (χ4v) is 3.69. The number of thiophene rings is 1. The predicted molar refractivity (Wildman–Crippen MR) is 99.2 cm³/mol. The molecule has 0 aliphatic heterocycles. The molecule has 2 aromatic carbocycles. The van der Waals surface area contributed by atoms with Crippen molar-refractivity contribution >= 4 is 27.4 Å². The number of fused-ring (bicyclic) bond motifs is 1. The van der Waals surface area contributed by atoms with Gasteiger partial charge in [0, 0.05) is 15.6 Å². The highest BCUT2D eigenvalue weighted by Crippen LogP contribution is 2.43. The molecule has 2 aromatic heterocycles. The van der Waals surface area contributed by atoms with Crippen molar-refractivity contribution in [2.75, 3.05) is 5.32 Å². The molecule has 0 aliphatic rings. The van der Waals surface area contributed by atoms with Crippen LogP contribution in [0.5, 0.6) is 5.75 Å². The molecular weight excluding hydrogens is 332 g/mol. The highest BCUT2D eigenvalue weighted by atomic mass is 32.1. The number of nitriles is 1. The summed E-state index contributed by atoms with van der Waals surface area (Å²) in [4.78, 5) is 9.42. The van der Waals surface area contributed by atoms with E-state index in [4.69, 9.17) is 5.26 Å². The molecule has 2 heterocycles. The molecule has 0 unspecified atom stereocenters. The van der Waals surface area contributed by atoms with Crippen LogP contribution in [0.3, 0.4) is 0 Å². The molecule has 0 fully saturated rings. The Balaban J connectivity index is 1.93. The first-order valence-electron chi connectivity index (χ1n) is 7.57. The molecule has 4 aromatic rings. The van der Waals surface area contributed by atoms with Gasteiger partial charge in [-0.05, 0) is 18.2 Å². The molecule has 0 bridgehead atoms. The van der Waals surface area contributed by atoms with Crippen molar-refractivity contribution in [3.8, 4) is 33.8 Å².